The van der Waals surface area contributed by atoms with Crippen LogP contribution >= 0.6 is 0 Å². The zero-order valence-corrected chi connectivity index (χ0v) is 31.9. The summed E-state index contributed by atoms with van der Waals surface area (Å²) >= 11 is 0. The number of nitrogens with zero attached hydrogens (tertiary/aromatic N) is 8. The van der Waals surface area contributed by atoms with Crippen molar-refractivity contribution in [3.8, 4) is 23.1 Å². The zero-order valence-electron chi connectivity index (χ0n) is 28.7. The number of aryl methyl sites for hydroxylation is 4. The Kier molecular flexibility index (Phi) is 14.3. The van der Waals surface area contributed by atoms with Crippen molar-refractivity contribution in [1.29, 1.82) is 0 Å². The van der Waals surface area contributed by atoms with Gasteiger partial charge < -0.3 is 30.0 Å². The van der Waals surface area contributed by atoms with Gasteiger partial charge in [-0.3, -0.25) is 0 Å². The third-order valence-electron chi connectivity index (χ3n) is 7.23. The molecule has 0 aliphatic heterocycles. The molecule has 255 valence electrons. The third kappa shape index (κ3) is 9.46. The largest absolute Gasteiger partial charge is 3.00 e. The van der Waals surface area contributed by atoms with E-state index in [4.69, 9.17) is 0 Å². The van der Waals surface area contributed by atoms with Gasteiger partial charge in [-0.2, -0.15) is 10.2 Å². The molecule has 6 aromatic rings. The summed E-state index contributed by atoms with van der Waals surface area (Å²) in [5.41, 5.74) is 4.23. The summed E-state index contributed by atoms with van der Waals surface area (Å²) in [6.45, 7) is 7.13. The van der Waals surface area contributed by atoms with Crippen LogP contribution in [0.5, 0.6) is 11.8 Å². The monoisotopic (exact) mass is 743 g/mol. The van der Waals surface area contributed by atoms with Crippen molar-refractivity contribution in [3.63, 3.8) is 0 Å². The first-order valence-electron chi connectivity index (χ1n) is 15.1. The van der Waals surface area contributed by atoms with Crippen LogP contribution in [0, 0.1) is 27.7 Å². The minimum Gasteiger partial charge on any atom is -0.857 e. The molecular weight excluding hydrogens is 715 g/mol. The van der Waals surface area contributed by atoms with Crippen LogP contribution in [0.25, 0.3) is 11.4 Å². The topological polar surface area (TPSA) is 211 Å². The maximum Gasteiger partial charge on any atom is 3.00 e. The molecule has 4 aromatic carbocycles. The maximum absolute atomic E-state index is 12.6. The maximum atomic E-state index is 12.6. The van der Waals surface area contributed by atoms with Gasteiger partial charge in [0.25, 0.3) is 0 Å². The SMILES string of the molecule is Cc1cccc(-n2nc(C)c(N=Nc3ccccc3C(=O)[O-])c2[O-])c1.Cc1cccc(-n2nc(C)c(N=Nc3ccccc3C(=O)[O-])c2[O-])c1.[Cr+3].[Na+]. The standard InChI is InChI=1S/2C18H16N4O3.Cr.Na/c2*1-11-6-5-7-13(10-11)22-17(23)16(12(2)21-22)20-19-15-9-4-3-8-14(15)18(24)25;;/h2*3-10,23H,1-2H3,(H,24,25);;/q;;+3;+1/p-4. The van der Waals surface area contributed by atoms with Crippen molar-refractivity contribution in [2.75, 3.05) is 0 Å². The van der Waals surface area contributed by atoms with Gasteiger partial charge in [0.05, 0.1) is 46.1 Å². The molecule has 0 spiro atoms. The van der Waals surface area contributed by atoms with E-state index in [2.05, 4.69) is 30.7 Å². The van der Waals surface area contributed by atoms with E-state index >= 15 is 0 Å². The number of carbonyl (C=O) groups excluding carboxylic acids is 2. The molecule has 14 nitrogen and oxygen atoms in total. The van der Waals surface area contributed by atoms with E-state index in [0.717, 1.165) is 11.1 Å². The molecule has 0 bridgehead atoms. The summed E-state index contributed by atoms with van der Waals surface area (Å²) in [5.74, 6) is -3.55. The van der Waals surface area contributed by atoms with Crippen LogP contribution in [-0.2, 0) is 17.4 Å². The van der Waals surface area contributed by atoms with E-state index in [1.165, 1.54) is 33.6 Å². The van der Waals surface area contributed by atoms with Crippen molar-refractivity contribution in [2.45, 2.75) is 27.7 Å². The van der Waals surface area contributed by atoms with Crippen LogP contribution in [0.3, 0.4) is 0 Å². The summed E-state index contributed by atoms with van der Waals surface area (Å²) < 4.78 is 2.50. The number of rotatable bonds is 8. The Morgan fingerprint density at radius 2 is 0.923 bits per heavy atom. The number of hydrogen-bond donors (Lipinski definition) is 0. The molecule has 0 amide bonds. The Balaban J connectivity index is 0.000000270. The van der Waals surface area contributed by atoms with Crippen LogP contribution in [-0.4, -0.2) is 31.5 Å². The summed E-state index contributed by atoms with van der Waals surface area (Å²) in [5, 5.41) is 71.4. The van der Waals surface area contributed by atoms with Crippen LogP contribution in [0.1, 0.15) is 43.2 Å². The first-order valence-corrected chi connectivity index (χ1v) is 15.1. The molecule has 0 atom stereocenters. The van der Waals surface area contributed by atoms with Crippen molar-refractivity contribution >= 4 is 34.7 Å². The molecule has 2 heterocycles. The van der Waals surface area contributed by atoms with E-state index in [-0.39, 0.29) is 80.8 Å². The number of aromatic nitrogens is 4. The van der Waals surface area contributed by atoms with E-state index in [9.17, 15) is 30.0 Å². The van der Waals surface area contributed by atoms with E-state index in [1.54, 1.807) is 50.2 Å². The summed E-state index contributed by atoms with van der Waals surface area (Å²) in [6, 6.07) is 26.8. The van der Waals surface area contributed by atoms with Crippen LogP contribution in [0.15, 0.2) is 118 Å². The first kappa shape index (κ1) is 41.0. The summed E-state index contributed by atoms with van der Waals surface area (Å²) in [7, 11) is 0. The molecule has 6 rings (SSSR count). The Labute approximate surface area is 331 Å². The molecular formula is C36H28CrN8NaO6. The zero-order chi connectivity index (χ0) is 35.9. The fraction of sp³-hybridized carbons (Fsp3) is 0.111. The van der Waals surface area contributed by atoms with E-state index in [1.807, 2.05) is 50.2 Å². The molecule has 0 aliphatic carbocycles. The minimum atomic E-state index is -1.36. The summed E-state index contributed by atoms with van der Waals surface area (Å²) in [6.07, 6.45) is 0. The molecule has 0 unspecified atom stereocenters. The molecule has 1 radical (unpaired) electrons. The van der Waals surface area contributed by atoms with Gasteiger partial charge in [0.1, 0.15) is 11.4 Å². The number of carboxylic acids is 2. The van der Waals surface area contributed by atoms with Gasteiger partial charge in [0, 0.05) is 22.9 Å². The fourth-order valence-electron chi connectivity index (χ4n) is 4.77. The van der Waals surface area contributed by atoms with Gasteiger partial charge in [-0.05, 0) is 75.2 Å². The van der Waals surface area contributed by atoms with Gasteiger partial charge >= 0.3 is 46.9 Å². The van der Waals surface area contributed by atoms with Gasteiger partial charge in [0.15, 0.2) is 0 Å². The predicted molar refractivity (Wildman–Crippen MR) is 175 cm³/mol. The van der Waals surface area contributed by atoms with E-state index < -0.39 is 23.7 Å². The molecule has 0 saturated heterocycles. The normalized spacial score (nSPS) is 10.7. The fourth-order valence-corrected chi connectivity index (χ4v) is 4.77. The van der Waals surface area contributed by atoms with Crippen molar-refractivity contribution in [2.24, 2.45) is 20.5 Å². The average molecular weight is 744 g/mol. The quantitative estimate of drug-likeness (QED) is 0.165. The molecule has 52 heavy (non-hydrogen) atoms. The van der Waals surface area contributed by atoms with Crippen LogP contribution in [0.4, 0.5) is 22.7 Å². The second-order valence-corrected chi connectivity index (χ2v) is 11.0. The Morgan fingerprint density at radius 1 is 0.558 bits per heavy atom. The molecule has 0 aliphatic rings. The first-order chi connectivity index (χ1) is 23.9. The van der Waals surface area contributed by atoms with Gasteiger partial charge in [-0.1, -0.05) is 60.7 Å². The molecule has 2 aromatic heterocycles. The van der Waals surface area contributed by atoms with Crippen molar-refractivity contribution in [1.82, 2.24) is 19.6 Å². The number of aromatic carboxylic acids is 2. The summed E-state index contributed by atoms with van der Waals surface area (Å²) in [4.78, 5) is 22.2. The van der Waals surface area contributed by atoms with Crippen molar-refractivity contribution < 1.29 is 76.9 Å². The number of carbonyl (C=O) groups is 2. The molecule has 16 heteroatoms. The van der Waals surface area contributed by atoms with Crippen molar-refractivity contribution in [3.05, 3.63) is 131 Å². The minimum absolute atomic E-state index is 0. The molecule has 0 saturated carbocycles. The second kappa shape index (κ2) is 18.2. The van der Waals surface area contributed by atoms with Gasteiger partial charge in [-0.25, -0.2) is 9.36 Å². The smallest absolute Gasteiger partial charge is 0.857 e. The second-order valence-electron chi connectivity index (χ2n) is 11.0. The van der Waals surface area contributed by atoms with Gasteiger partial charge in [0.2, 0.25) is 0 Å². The van der Waals surface area contributed by atoms with E-state index in [0.29, 0.717) is 22.8 Å². The number of azo groups is 2. The number of carboxylic acid groups (broad SMARTS) is 2. The molecule has 0 fully saturated rings. The Morgan fingerprint density at radius 3 is 1.27 bits per heavy atom. The van der Waals surface area contributed by atoms with Crippen LogP contribution < -0.4 is 50.0 Å². The van der Waals surface area contributed by atoms with Gasteiger partial charge in [-0.15, -0.1) is 20.5 Å². The predicted octanol–water partition coefficient (Wildman–Crippen LogP) is 1.68. The number of hydrogen-bond acceptors (Lipinski definition) is 12. The Bertz CT molecular complexity index is 2130. The van der Waals surface area contributed by atoms with Crippen LogP contribution in [0.2, 0.25) is 0 Å². The molecule has 0 N–H and O–H groups in total. The Hall–Kier alpha value is -5.43. The third-order valence-corrected chi connectivity index (χ3v) is 7.23. The average Bonchev–Trinajstić information content (AvgIpc) is 3.55. The number of benzene rings is 4.